The number of aldehydes is 1. The van der Waals surface area contributed by atoms with Gasteiger partial charge in [-0.2, -0.15) is 0 Å². The second kappa shape index (κ2) is 63.2. The predicted molar refractivity (Wildman–Crippen MR) is 239 cm³/mol. The number of nitrogens with one attached hydrogen (secondary N) is 1. The average molecular weight is 818 g/mol. The molecular weight excluding hydrogens is 723 g/mol. The molecule has 2 N–H and O–H groups in total. The molecule has 0 bridgehead atoms. The first-order valence-electron chi connectivity index (χ1n) is 23.2. The molecule has 10 heteroatoms. The number of Topliss-reactive ketones (excluding diaryl/α,β-unsaturated/α-hetero) is 2. The van der Waals surface area contributed by atoms with Crippen molar-refractivity contribution in [1.82, 2.24) is 5.32 Å². The third-order valence-corrected chi connectivity index (χ3v) is 9.17. The molecule has 342 valence electrons. The molecule has 0 radical (unpaired) electrons. The van der Waals surface area contributed by atoms with Gasteiger partial charge in [0.1, 0.15) is 25.5 Å². The number of rotatable bonds is 40. The van der Waals surface area contributed by atoms with Crippen LogP contribution in [0.4, 0.5) is 0 Å². The Bertz CT molecular complexity index is 760. The number of carbonyl (C=O) groups is 5. The first kappa shape index (κ1) is 64.1. The van der Waals surface area contributed by atoms with Crippen molar-refractivity contribution in [2.45, 2.75) is 215 Å². The van der Waals surface area contributed by atoms with Gasteiger partial charge in [0.25, 0.3) is 0 Å². The van der Waals surface area contributed by atoms with E-state index in [1.54, 1.807) is 0 Å². The van der Waals surface area contributed by atoms with E-state index in [2.05, 4.69) is 26.1 Å². The Morgan fingerprint density at radius 1 is 0.579 bits per heavy atom. The van der Waals surface area contributed by atoms with Gasteiger partial charge in [-0.05, 0) is 52.0 Å². The molecule has 0 saturated heterocycles. The van der Waals surface area contributed by atoms with Crippen LogP contribution >= 0.6 is 0 Å². The van der Waals surface area contributed by atoms with E-state index in [1.165, 1.54) is 83.5 Å². The van der Waals surface area contributed by atoms with Crippen LogP contribution in [-0.4, -0.2) is 89.0 Å². The van der Waals surface area contributed by atoms with Gasteiger partial charge in [-0.25, -0.2) is 0 Å². The summed E-state index contributed by atoms with van der Waals surface area (Å²) in [6, 6.07) is 0. The molecule has 0 fully saturated rings. The quantitative estimate of drug-likeness (QED) is 0.0452. The standard InChI is InChI=1S/C22H42O3.C17H35NO4.C5H10O.C2H6.CH2O/c1-3-20(2)21(23)18-16-14-12-10-8-6-4-5-7-9-11-13-15-17-19-22(24)25;1-3-4-7-11-21-14-15-22-16-17(19)9-6-5-8-12-20-13-10-18-2;1-2-3-4-5-6;2*1-2/h20H,3-19H2,1-2H3,(H,24,25);18H,3-16H2,1-2H3;5H,2-4H2,1H3;1-2H3;1H2. The minimum atomic E-state index is -0.667. The lowest BCUT2D eigenvalue weighted by Crippen LogP contribution is -2.14. The molecule has 0 aromatic carbocycles. The van der Waals surface area contributed by atoms with Gasteiger partial charge in [0.15, 0.2) is 5.78 Å². The summed E-state index contributed by atoms with van der Waals surface area (Å²) in [6.45, 7) is 18.9. The van der Waals surface area contributed by atoms with Crippen LogP contribution in [0.1, 0.15) is 215 Å². The van der Waals surface area contributed by atoms with E-state index in [0.29, 0.717) is 31.8 Å². The van der Waals surface area contributed by atoms with Crippen LogP contribution in [0.25, 0.3) is 0 Å². The van der Waals surface area contributed by atoms with E-state index >= 15 is 0 Å². The Morgan fingerprint density at radius 2 is 1.00 bits per heavy atom. The number of carbonyl (C=O) groups excluding carboxylic acids is 4. The number of carboxylic acid groups (broad SMARTS) is 1. The lowest BCUT2D eigenvalue weighted by molar-refractivity contribution is -0.137. The highest BCUT2D eigenvalue weighted by Crippen LogP contribution is 2.15. The Labute approximate surface area is 352 Å². The third kappa shape index (κ3) is 69.0. The molecule has 0 aromatic heterocycles. The highest BCUT2D eigenvalue weighted by Gasteiger charge is 2.09. The van der Waals surface area contributed by atoms with Crippen LogP contribution in [0.15, 0.2) is 0 Å². The largest absolute Gasteiger partial charge is 0.481 e. The second-order valence-corrected chi connectivity index (χ2v) is 14.4. The Hall–Kier alpha value is -2.01. The molecule has 0 amide bonds. The van der Waals surface area contributed by atoms with E-state index in [9.17, 15) is 19.2 Å². The number of likely N-dealkylation sites (N-methyl/N-ethyl adjacent to an activating group) is 1. The number of ether oxygens (including phenoxy) is 3. The first-order chi connectivity index (χ1) is 27.8. The van der Waals surface area contributed by atoms with Gasteiger partial charge < -0.3 is 34.2 Å². The third-order valence-electron chi connectivity index (χ3n) is 9.17. The summed E-state index contributed by atoms with van der Waals surface area (Å²) >= 11 is 0. The molecule has 0 aromatic rings. The number of unbranched alkanes of at least 4 members (excludes halogenated alkanes) is 19. The van der Waals surface area contributed by atoms with Crippen LogP contribution in [0.5, 0.6) is 0 Å². The fourth-order valence-electron chi connectivity index (χ4n) is 5.37. The van der Waals surface area contributed by atoms with Crippen molar-refractivity contribution in [2.75, 3.05) is 53.2 Å². The number of aliphatic carboxylic acids is 1. The average Bonchev–Trinajstić information content (AvgIpc) is 3.23. The molecule has 0 saturated carbocycles. The molecular formula is C47H95NO9. The van der Waals surface area contributed by atoms with Gasteiger partial charge in [-0.15, -0.1) is 0 Å². The number of ketones is 2. The molecule has 0 aliphatic rings. The summed E-state index contributed by atoms with van der Waals surface area (Å²) in [4.78, 5) is 51.2. The summed E-state index contributed by atoms with van der Waals surface area (Å²) in [5.74, 6) is 0.218. The van der Waals surface area contributed by atoms with Gasteiger partial charge in [-0.3, -0.25) is 14.4 Å². The highest BCUT2D eigenvalue weighted by molar-refractivity contribution is 5.80. The van der Waals surface area contributed by atoms with Crippen molar-refractivity contribution in [3.05, 3.63) is 0 Å². The summed E-state index contributed by atoms with van der Waals surface area (Å²) < 4.78 is 16.2. The van der Waals surface area contributed by atoms with E-state index in [-0.39, 0.29) is 18.3 Å². The predicted octanol–water partition coefficient (Wildman–Crippen LogP) is 11.7. The summed E-state index contributed by atoms with van der Waals surface area (Å²) in [5.41, 5.74) is 0. The molecule has 0 aliphatic carbocycles. The molecule has 0 rings (SSSR count). The zero-order valence-electron chi connectivity index (χ0n) is 38.6. The van der Waals surface area contributed by atoms with Gasteiger partial charge in [-0.1, -0.05) is 144 Å². The van der Waals surface area contributed by atoms with Crippen LogP contribution in [0.3, 0.4) is 0 Å². The van der Waals surface area contributed by atoms with Crippen LogP contribution in [0, 0.1) is 5.92 Å². The maximum Gasteiger partial charge on any atom is 0.303 e. The zero-order valence-corrected chi connectivity index (χ0v) is 38.6. The minimum absolute atomic E-state index is 0.182. The van der Waals surface area contributed by atoms with Crippen molar-refractivity contribution >= 4 is 30.6 Å². The van der Waals surface area contributed by atoms with Gasteiger partial charge in [0.2, 0.25) is 0 Å². The molecule has 57 heavy (non-hydrogen) atoms. The summed E-state index contributed by atoms with van der Waals surface area (Å²) in [5, 5.41) is 11.6. The van der Waals surface area contributed by atoms with E-state index in [0.717, 1.165) is 110 Å². The maximum absolute atomic E-state index is 11.7. The van der Waals surface area contributed by atoms with Crippen molar-refractivity contribution in [2.24, 2.45) is 5.92 Å². The topological polar surface area (TPSA) is 145 Å². The van der Waals surface area contributed by atoms with Crippen LogP contribution in [0.2, 0.25) is 0 Å². The monoisotopic (exact) mass is 818 g/mol. The SMILES string of the molecule is C=O.CC.CCC(C)C(=O)CCCCCCCCCCCCCCCCC(=O)O.CCCCC=O.CCCCCOCCOCC(=O)CCCCCOCCNC. The van der Waals surface area contributed by atoms with Crippen LogP contribution in [-0.2, 0) is 38.2 Å². The fourth-order valence-corrected chi connectivity index (χ4v) is 5.37. The van der Waals surface area contributed by atoms with E-state index in [1.807, 2.05) is 34.6 Å². The van der Waals surface area contributed by atoms with Gasteiger partial charge in [0, 0.05) is 51.4 Å². The van der Waals surface area contributed by atoms with E-state index in [4.69, 9.17) is 24.1 Å². The first-order valence-corrected chi connectivity index (χ1v) is 23.2. The fraction of sp³-hybridized carbons (Fsp3) is 0.894. The van der Waals surface area contributed by atoms with Crippen molar-refractivity contribution in [3.8, 4) is 0 Å². The Morgan fingerprint density at radius 3 is 1.44 bits per heavy atom. The number of hydrogen-bond acceptors (Lipinski definition) is 9. The minimum Gasteiger partial charge on any atom is -0.481 e. The second-order valence-electron chi connectivity index (χ2n) is 14.4. The molecule has 10 nitrogen and oxygen atoms in total. The van der Waals surface area contributed by atoms with Crippen molar-refractivity contribution in [1.29, 1.82) is 0 Å². The Kier molecular flexibility index (Phi) is 71.1. The van der Waals surface area contributed by atoms with Crippen molar-refractivity contribution < 1.29 is 43.3 Å². The lowest BCUT2D eigenvalue weighted by Gasteiger charge is -2.07. The number of hydrogen-bond donors (Lipinski definition) is 2. The van der Waals surface area contributed by atoms with E-state index < -0.39 is 5.97 Å². The van der Waals surface area contributed by atoms with Gasteiger partial charge in [0.05, 0.1) is 19.8 Å². The summed E-state index contributed by atoms with van der Waals surface area (Å²) in [7, 11) is 1.91. The molecule has 0 aliphatic heterocycles. The highest BCUT2D eigenvalue weighted by atomic mass is 16.5. The van der Waals surface area contributed by atoms with Crippen LogP contribution < -0.4 is 5.32 Å². The molecule has 0 heterocycles. The van der Waals surface area contributed by atoms with Crippen molar-refractivity contribution in [3.63, 3.8) is 0 Å². The molecule has 1 unspecified atom stereocenters. The smallest absolute Gasteiger partial charge is 0.303 e. The lowest BCUT2D eigenvalue weighted by atomic mass is 9.98. The van der Waals surface area contributed by atoms with Gasteiger partial charge >= 0.3 is 5.97 Å². The summed E-state index contributed by atoms with van der Waals surface area (Å²) in [6.07, 6.45) is 30.3. The number of carboxylic acids is 1. The zero-order chi connectivity index (χ0) is 43.9. The maximum atomic E-state index is 11.7. The molecule has 1 atom stereocenters. The normalized spacial score (nSPS) is 10.6. The Balaban J connectivity index is -0.000000257. The molecule has 0 spiro atoms.